The van der Waals surface area contributed by atoms with Gasteiger partial charge in [-0.25, -0.2) is 4.79 Å². The van der Waals surface area contributed by atoms with Crippen molar-refractivity contribution in [2.24, 2.45) is 0 Å². The third-order valence-corrected chi connectivity index (χ3v) is 4.00. The highest BCUT2D eigenvalue weighted by atomic mass is 16.5. The van der Waals surface area contributed by atoms with E-state index in [0.29, 0.717) is 19.4 Å². The monoisotopic (exact) mass is 320 g/mol. The van der Waals surface area contributed by atoms with E-state index in [1.54, 1.807) is 0 Å². The van der Waals surface area contributed by atoms with Crippen LogP contribution >= 0.6 is 0 Å². The molecular weight excluding hydrogens is 300 g/mol. The Morgan fingerprint density at radius 3 is 2.21 bits per heavy atom. The van der Waals surface area contributed by atoms with Crippen molar-refractivity contribution in [3.8, 4) is 0 Å². The second-order valence-corrected chi connectivity index (χ2v) is 5.66. The van der Waals surface area contributed by atoms with Crippen molar-refractivity contribution in [1.29, 1.82) is 0 Å². The van der Waals surface area contributed by atoms with Gasteiger partial charge in [0.2, 0.25) is 0 Å². The fourth-order valence-electron chi connectivity index (χ4n) is 2.81. The molecule has 0 aromatic heterocycles. The largest absolute Gasteiger partial charge is 0.463 e. The van der Waals surface area contributed by atoms with Gasteiger partial charge < -0.3 is 9.84 Å². The number of hydrogen-bond donors (Lipinski definition) is 1. The molecule has 0 atom stereocenters. The lowest BCUT2D eigenvalue weighted by atomic mass is 9.96. The Hall–Kier alpha value is -2.65. The minimum atomic E-state index is -0.357. The fraction of sp³-hybridized carbons (Fsp3) is 0.190. The molecule has 0 aliphatic heterocycles. The maximum Gasteiger partial charge on any atom is 0.330 e. The summed E-state index contributed by atoms with van der Waals surface area (Å²) in [7, 11) is 0. The normalized spacial score (nSPS) is 11.4. The first-order chi connectivity index (χ1) is 11.8. The van der Waals surface area contributed by atoms with E-state index >= 15 is 0 Å². The molecule has 0 spiro atoms. The van der Waals surface area contributed by atoms with E-state index < -0.39 is 0 Å². The van der Waals surface area contributed by atoms with Crippen LogP contribution in [0.15, 0.2) is 60.7 Å². The second kappa shape index (κ2) is 7.75. The standard InChI is InChI=1S/C21H20O3/c22-13-5-6-14-24-21(23)12-11-20-18-9-3-1-7-16(18)15-17-8-2-4-10-19(17)20/h1-4,7-12,15,22H,5-6,13-14H2/b12-11-. The summed E-state index contributed by atoms with van der Waals surface area (Å²) in [5, 5.41) is 13.2. The Balaban J connectivity index is 1.92. The summed E-state index contributed by atoms with van der Waals surface area (Å²) in [6.45, 7) is 0.454. The Kier molecular flexibility index (Phi) is 5.24. The molecule has 0 amide bonds. The second-order valence-electron chi connectivity index (χ2n) is 5.66. The molecule has 3 aromatic carbocycles. The SMILES string of the molecule is O=C(/C=C\c1c2ccccc2cc2ccccc12)OCCCCO. The van der Waals surface area contributed by atoms with Gasteiger partial charge in [0.1, 0.15) is 0 Å². The molecule has 3 heteroatoms. The number of carbonyl (C=O) groups excluding carboxylic acids is 1. The summed E-state index contributed by atoms with van der Waals surface area (Å²) in [5.74, 6) is -0.357. The molecule has 0 bridgehead atoms. The summed E-state index contributed by atoms with van der Waals surface area (Å²) >= 11 is 0. The number of carbonyl (C=O) groups is 1. The van der Waals surface area contributed by atoms with Crippen LogP contribution in [0.1, 0.15) is 18.4 Å². The van der Waals surface area contributed by atoms with E-state index in [9.17, 15) is 4.79 Å². The van der Waals surface area contributed by atoms with Gasteiger partial charge in [-0.1, -0.05) is 48.5 Å². The number of esters is 1. The Morgan fingerprint density at radius 1 is 0.958 bits per heavy atom. The molecule has 0 saturated carbocycles. The number of rotatable bonds is 6. The third kappa shape index (κ3) is 3.63. The van der Waals surface area contributed by atoms with E-state index in [1.807, 2.05) is 30.3 Å². The van der Waals surface area contributed by atoms with E-state index in [2.05, 4.69) is 30.3 Å². The van der Waals surface area contributed by atoms with Gasteiger partial charge >= 0.3 is 5.97 Å². The van der Waals surface area contributed by atoms with Crippen LogP contribution in [0.5, 0.6) is 0 Å². The summed E-state index contributed by atoms with van der Waals surface area (Å²) in [4.78, 5) is 11.9. The highest BCUT2D eigenvalue weighted by Crippen LogP contribution is 2.29. The maximum absolute atomic E-state index is 11.9. The van der Waals surface area contributed by atoms with Gasteiger partial charge in [-0.15, -0.1) is 0 Å². The predicted molar refractivity (Wildman–Crippen MR) is 97.8 cm³/mol. The van der Waals surface area contributed by atoms with Crippen LogP contribution in [-0.4, -0.2) is 24.3 Å². The van der Waals surface area contributed by atoms with E-state index in [4.69, 9.17) is 9.84 Å². The Labute approximate surface area is 141 Å². The van der Waals surface area contributed by atoms with E-state index in [-0.39, 0.29) is 12.6 Å². The van der Waals surface area contributed by atoms with Gasteiger partial charge in [0.15, 0.2) is 0 Å². The van der Waals surface area contributed by atoms with Crippen molar-refractivity contribution in [1.82, 2.24) is 0 Å². The van der Waals surface area contributed by atoms with E-state index in [1.165, 1.54) is 6.08 Å². The lowest BCUT2D eigenvalue weighted by Gasteiger charge is -2.08. The average molecular weight is 320 g/mol. The molecule has 0 aliphatic carbocycles. The minimum absolute atomic E-state index is 0.120. The van der Waals surface area contributed by atoms with Crippen molar-refractivity contribution in [3.05, 3.63) is 66.2 Å². The van der Waals surface area contributed by atoms with Gasteiger partial charge in [0, 0.05) is 12.7 Å². The zero-order valence-electron chi connectivity index (χ0n) is 13.4. The summed E-state index contributed by atoms with van der Waals surface area (Å²) in [6.07, 6.45) is 4.63. The molecule has 24 heavy (non-hydrogen) atoms. The maximum atomic E-state index is 11.9. The van der Waals surface area contributed by atoms with Gasteiger partial charge in [-0.3, -0.25) is 0 Å². The zero-order valence-corrected chi connectivity index (χ0v) is 13.4. The molecule has 3 nitrogen and oxygen atoms in total. The van der Waals surface area contributed by atoms with Crippen LogP contribution in [0.4, 0.5) is 0 Å². The molecule has 0 heterocycles. The van der Waals surface area contributed by atoms with Crippen molar-refractivity contribution in [2.75, 3.05) is 13.2 Å². The first-order valence-electron chi connectivity index (χ1n) is 8.16. The molecule has 122 valence electrons. The van der Waals surface area contributed by atoms with E-state index in [0.717, 1.165) is 27.1 Å². The van der Waals surface area contributed by atoms with Crippen LogP contribution in [0.25, 0.3) is 27.6 Å². The van der Waals surface area contributed by atoms with Crippen LogP contribution < -0.4 is 0 Å². The first kappa shape index (κ1) is 16.2. The number of ether oxygens (including phenoxy) is 1. The Morgan fingerprint density at radius 2 is 1.58 bits per heavy atom. The average Bonchev–Trinajstić information content (AvgIpc) is 2.62. The van der Waals surface area contributed by atoms with Crippen LogP contribution in [0.3, 0.4) is 0 Å². The van der Waals surface area contributed by atoms with Crippen molar-refractivity contribution in [3.63, 3.8) is 0 Å². The highest BCUT2D eigenvalue weighted by Gasteiger charge is 2.05. The van der Waals surface area contributed by atoms with Gasteiger partial charge in [0.25, 0.3) is 0 Å². The van der Waals surface area contributed by atoms with Crippen LogP contribution in [0.2, 0.25) is 0 Å². The van der Waals surface area contributed by atoms with Gasteiger partial charge in [0.05, 0.1) is 6.61 Å². The molecule has 0 unspecified atom stereocenters. The smallest absolute Gasteiger partial charge is 0.330 e. The van der Waals surface area contributed by atoms with Crippen molar-refractivity contribution >= 4 is 33.6 Å². The molecule has 3 aromatic rings. The number of aliphatic hydroxyl groups is 1. The van der Waals surface area contributed by atoms with Gasteiger partial charge in [-0.2, -0.15) is 0 Å². The molecule has 1 N–H and O–H groups in total. The minimum Gasteiger partial charge on any atom is -0.463 e. The molecule has 0 fully saturated rings. The van der Waals surface area contributed by atoms with Crippen LogP contribution in [0, 0.1) is 0 Å². The number of hydrogen-bond acceptors (Lipinski definition) is 3. The lowest BCUT2D eigenvalue weighted by Crippen LogP contribution is -2.02. The number of unbranched alkanes of at least 4 members (excludes halogenated alkanes) is 1. The number of fused-ring (bicyclic) bond motifs is 2. The zero-order chi connectivity index (χ0) is 16.8. The highest BCUT2D eigenvalue weighted by molar-refractivity contribution is 6.07. The molecule has 3 rings (SSSR count). The third-order valence-electron chi connectivity index (χ3n) is 4.00. The predicted octanol–water partition coefficient (Wildman–Crippen LogP) is 4.32. The van der Waals surface area contributed by atoms with Crippen molar-refractivity contribution in [2.45, 2.75) is 12.8 Å². The molecule has 0 aliphatic rings. The molecule has 0 saturated heterocycles. The number of aliphatic hydroxyl groups excluding tert-OH is 1. The lowest BCUT2D eigenvalue weighted by molar-refractivity contribution is -0.137. The quantitative estimate of drug-likeness (QED) is 0.318. The topological polar surface area (TPSA) is 46.5 Å². The first-order valence-corrected chi connectivity index (χ1v) is 8.16. The number of benzene rings is 3. The molecular formula is C21H20O3. The van der Waals surface area contributed by atoms with Crippen LogP contribution in [-0.2, 0) is 9.53 Å². The van der Waals surface area contributed by atoms with Gasteiger partial charge in [-0.05, 0) is 52.1 Å². The summed E-state index contributed by atoms with van der Waals surface area (Å²) in [6, 6.07) is 18.5. The fourth-order valence-corrected chi connectivity index (χ4v) is 2.81. The summed E-state index contributed by atoms with van der Waals surface area (Å²) in [5.41, 5.74) is 1.02. The molecule has 0 radical (unpaired) electrons. The Bertz CT molecular complexity index is 827. The summed E-state index contributed by atoms with van der Waals surface area (Å²) < 4.78 is 5.15. The van der Waals surface area contributed by atoms with Crippen molar-refractivity contribution < 1.29 is 14.6 Å².